The third-order valence-corrected chi connectivity index (χ3v) is 8.81. The van der Waals surface area contributed by atoms with Crippen molar-refractivity contribution >= 4 is 0 Å². The highest BCUT2D eigenvalue weighted by Gasteiger charge is 2.58. The van der Waals surface area contributed by atoms with Gasteiger partial charge in [-0.3, -0.25) is 0 Å². The van der Waals surface area contributed by atoms with Gasteiger partial charge in [-0.05, 0) is 87.9 Å². The lowest BCUT2D eigenvalue weighted by atomic mass is 9.50. The van der Waals surface area contributed by atoms with Gasteiger partial charge < -0.3 is 5.11 Å². The van der Waals surface area contributed by atoms with Crippen LogP contribution in [0.4, 0.5) is 0 Å². The Balaban J connectivity index is 1.64. The van der Waals surface area contributed by atoms with Crippen molar-refractivity contribution in [1.29, 1.82) is 0 Å². The zero-order valence-electron chi connectivity index (χ0n) is 16.5. The minimum absolute atomic E-state index is 0.283. The fourth-order valence-electron chi connectivity index (χ4n) is 6.91. The van der Waals surface area contributed by atoms with E-state index in [1.807, 2.05) is 0 Å². The van der Waals surface area contributed by atoms with E-state index in [0.29, 0.717) is 17.3 Å². The van der Waals surface area contributed by atoms with Crippen LogP contribution in [0.15, 0.2) is 35.5 Å². The fourth-order valence-corrected chi connectivity index (χ4v) is 6.91. The highest BCUT2D eigenvalue weighted by Crippen LogP contribution is 2.66. The summed E-state index contributed by atoms with van der Waals surface area (Å²) in [6.45, 7) is 11.3. The van der Waals surface area contributed by atoms with E-state index in [2.05, 4.69) is 39.5 Å². The van der Waals surface area contributed by atoms with E-state index in [4.69, 9.17) is 0 Å². The molecule has 0 aromatic heterocycles. The normalized spacial score (nSPS) is 42.9. The molecule has 0 aliphatic heterocycles. The second-order valence-electron chi connectivity index (χ2n) is 10.0. The van der Waals surface area contributed by atoms with Crippen molar-refractivity contribution in [1.82, 2.24) is 0 Å². The molecule has 4 rings (SSSR count). The second-order valence-corrected chi connectivity index (χ2v) is 10.0. The summed E-state index contributed by atoms with van der Waals surface area (Å²) in [6.07, 6.45) is 16.9. The number of allylic oxidation sites excluding steroid dienone is 5. The van der Waals surface area contributed by atoms with E-state index in [-0.39, 0.29) is 11.0 Å². The van der Waals surface area contributed by atoms with Crippen molar-refractivity contribution in [2.75, 3.05) is 0 Å². The van der Waals surface area contributed by atoms with Crippen LogP contribution in [0.5, 0.6) is 0 Å². The van der Waals surface area contributed by atoms with Crippen molar-refractivity contribution in [3.63, 3.8) is 0 Å². The van der Waals surface area contributed by atoms with Gasteiger partial charge in [0.2, 0.25) is 0 Å². The molecule has 1 heteroatoms. The summed E-state index contributed by atoms with van der Waals surface area (Å²) < 4.78 is 0. The molecular weight excluding hydrogens is 304 g/mol. The third kappa shape index (κ3) is 2.52. The lowest BCUT2D eigenvalue weighted by molar-refractivity contribution is -0.0193. The molecule has 1 nitrogen and oxygen atoms in total. The Morgan fingerprint density at radius 1 is 1.16 bits per heavy atom. The molecule has 25 heavy (non-hydrogen) atoms. The first-order valence-electron chi connectivity index (χ1n) is 10.6. The third-order valence-electron chi connectivity index (χ3n) is 8.81. The largest absolute Gasteiger partial charge is 0.390 e. The number of hydrogen-bond acceptors (Lipinski definition) is 1. The summed E-state index contributed by atoms with van der Waals surface area (Å²) in [7, 11) is 0. The quantitative estimate of drug-likeness (QED) is 0.581. The maximum absolute atomic E-state index is 11.2. The molecule has 0 heterocycles. The Bertz CT molecular complexity index is 632. The van der Waals surface area contributed by atoms with E-state index in [9.17, 15) is 5.11 Å². The average molecular weight is 341 g/mol. The minimum atomic E-state index is -0.362. The second kappa shape index (κ2) is 5.84. The van der Waals surface area contributed by atoms with Gasteiger partial charge in [-0.1, -0.05) is 55.2 Å². The molecule has 3 saturated carbocycles. The summed E-state index contributed by atoms with van der Waals surface area (Å²) in [4.78, 5) is 0. The summed E-state index contributed by atoms with van der Waals surface area (Å²) in [5.41, 5.74) is 4.77. The van der Waals surface area contributed by atoms with Gasteiger partial charge in [0.1, 0.15) is 0 Å². The van der Waals surface area contributed by atoms with E-state index in [1.165, 1.54) is 62.5 Å². The minimum Gasteiger partial charge on any atom is -0.390 e. The van der Waals surface area contributed by atoms with Crippen molar-refractivity contribution in [3.8, 4) is 0 Å². The zero-order valence-corrected chi connectivity index (χ0v) is 16.5. The van der Waals surface area contributed by atoms with Gasteiger partial charge in [-0.15, -0.1) is 0 Å². The molecule has 1 spiro atoms. The Morgan fingerprint density at radius 3 is 2.56 bits per heavy atom. The van der Waals surface area contributed by atoms with Gasteiger partial charge >= 0.3 is 0 Å². The molecule has 4 atom stereocenters. The lowest BCUT2D eigenvalue weighted by Gasteiger charge is -2.54. The molecule has 3 fully saturated rings. The van der Waals surface area contributed by atoms with Crippen LogP contribution in [-0.2, 0) is 0 Å². The molecule has 0 radical (unpaired) electrons. The molecule has 0 saturated heterocycles. The van der Waals surface area contributed by atoms with E-state index in [0.717, 1.165) is 12.8 Å². The standard InChI is InChI=1S/C24H36O/c1-17(2)19-8-12-22(4)21(15-19)18(3)7-13-23(22)14-9-20(16-23)24(25)10-5-6-11-24/h7,13,19-20,25H,1,5-6,8-12,14-16H2,2-4H3. The van der Waals surface area contributed by atoms with Crippen LogP contribution in [0.2, 0.25) is 0 Å². The highest BCUT2D eigenvalue weighted by molar-refractivity contribution is 5.41. The lowest BCUT2D eigenvalue weighted by Crippen LogP contribution is -2.45. The van der Waals surface area contributed by atoms with Gasteiger partial charge in [0.05, 0.1) is 5.60 Å². The van der Waals surface area contributed by atoms with Crippen LogP contribution in [-0.4, -0.2) is 10.7 Å². The number of aliphatic hydroxyl groups is 1. The number of fused-ring (bicyclic) bond motifs is 2. The predicted octanol–water partition coefficient (Wildman–Crippen LogP) is 6.35. The fraction of sp³-hybridized carbons (Fsp3) is 0.750. The Hall–Kier alpha value is -0.820. The Kier molecular flexibility index (Phi) is 4.11. The average Bonchev–Trinajstić information content (AvgIpc) is 3.20. The van der Waals surface area contributed by atoms with Crippen molar-refractivity contribution in [2.24, 2.45) is 22.7 Å². The van der Waals surface area contributed by atoms with E-state index < -0.39 is 0 Å². The van der Waals surface area contributed by atoms with Crippen molar-refractivity contribution in [3.05, 3.63) is 35.5 Å². The molecule has 0 bridgehead atoms. The molecule has 0 amide bonds. The molecular formula is C24H36O. The number of hydrogen-bond donors (Lipinski definition) is 1. The van der Waals surface area contributed by atoms with Gasteiger partial charge in [-0.25, -0.2) is 0 Å². The highest BCUT2D eigenvalue weighted by atomic mass is 16.3. The molecule has 4 aliphatic carbocycles. The van der Waals surface area contributed by atoms with Crippen LogP contribution >= 0.6 is 0 Å². The molecule has 138 valence electrons. The zero-order chi connectivity index (χ0) is 17.9. The Labute approximate surface area is 154 Å². The molecule has 4 aliphatic rings. The van der Waals surface area contributed by atoms with Gasteiger partial charge in [0, 0.05) is 0 Å². The summed E-state index contributed by atoms with van der Waals surface area (Å²) in [5.74, 6) is 1.17. The van der Waals surface area contributed by atoms with Crippen LogP contribution < -0.4 is 0 Å². The monoisotopic (exact) mass is 340 g/mol. The Morgan fingerprint density at radius 2 is 1.88 bits per heavy atom. The SMILES string of the molecule is C=C(C)C1CCC2(C)C(=C(C)C=CC23CCC(C2(O)CCCC2)C3)C1. The smallest absolute Gasteiger partial charge is 0.0676 e. The first-order chi connectivity index (χ1) is 11.8. The summed E-state index contributed by atoms with van der Waals surface area (Å²) in [6, 6.07) is 0. The van der Waals surface area contributed by atoms with Gasteiger partial charge in [0.15, 0.2) is 0 Å². The predicted molar refractivity (Wildman–Crippen MR) is 105 cm³/mol. The van der Waals surface area contributed by atoms with E-state index in [1.54, 1.807) is 5.57 Å². The first kappa shape index (κ1) is 17.6. The van der Waals surface area contributed by atoms with Crippen LogP contribution in [0.3, 0.4) is 0 Å². The van der Waals surface area contributed by atoms with Crippen molar-refractivity contribution in [2.45, 2.75) is 90.6 Å². The van der Waals surface area contributed by atoms with Crippen LogP contribution in [0, 0.1) is 22.7 Å². The topological polar surface area (TPSA) is 20.2 Å². The van der Waals surface area contributed by atoms with Crippen LogP contribution in [0.1, 0.15) is 85.0 Å². The molecule has 1 N–H and O–H groups in total. The van der Waals surface area contributed by atoms with Crippen LogP contribution in [0.25, 0.3) is 0 Å². The molecule has 4 unspecified atom stereocenters. The van der Waals surface area contributed by atoms with Gasteiger partial charge in [0.25, 0.3) is 0 Å². The first-order valence-corrected chi connectivity index (χ1v) is 10.6. The van der Waals surface area contributed by atoms with E-state index >= 15 is 0 Å². The number of rotatable bonds is 2. The maximum Gasteiger partial charge on any atom is 0.0676 e. The molecule has 0 aromatic carbocycles. The van der Waals surface area contributed by atoms with Crippen molar-refractivity contribution < 1.29 is 5.11 Å². The summed E-state index contributed by atoms with van der Waals surface area (Å²) in [5, 5.41) is 11.2. The summed E-state index contributed by atoms with van der Waals surface area (Å²) >= 11 is 0. The maximum atomic E-state index is 11.2. The molecule has 0 aromatic rings. The van der Waals surface area contributed by atoms with Gasteiger partial charge in [-0.2, -0.15) is 0 Å².